The fraction of sp³-hybridized carbons (Fsp3) is 0.500. The van der Waals surface area contributed by atoms with Gasteiger partial charge < -0.3 is 19.7 Å². The molecule has 1 unspecified atom stereocenters. The van der Waals surface area contributed by atoms with Crippen LogP contribution in [0.15, 0.2) is 12.1 Å². The number of methoxy groups -OCH3 is 2. The largest absolute Gasteiger partial charge is 0.495 e. The smallest absolute Gasteiger partial charge is 0.228 e. The van der Waals surface area contributed by atoms with Crippen LogP contribution in [-0.4, -0.2) is 45.2 Å². The first-order valence-corrected chi connectivity index (χ1v) is 6.84. The predicted octanol–water partition coefficient (Wildman–Crippen LogP) is 2.25. The van der Waals surface area contributed by atoms with E-state index >= 15 is 0 Å². The number of benzene rings is 1. The number of hydrogen-bond donors (Lipinski definition) is 1. The average molecular weight is 299 g/mol. The summed E-state index contributed by atoms with van der Waals surface area (Å²) < 4.78 is 10.4. The molecule has 1 aromatic carbocycles. The first-order valence-electron chi connectivity index (χ1n) is 6.46. The van der Waals surface area contributed by atoms with E-state index in [0.29, 0.717) is 22.2 Å². The van der Waals surface area contributed by atoms with Gasteiger partial charge in [0.2, 0.25) is 5.91 Å². The first kappa shape index (κ1) is 14.9. The molecule has 0 aliphatic carbocycles. The van der Waals surface area contributed by atoms with Crippen molar-refractivity contribution in [2.24, 2.45) is 5.92 Å². The van der Waals surface area contributed by atoms with Crippen LogP contribution in [0.25, 0.3) is 0 Å². The number of ether oxygens (including phenoxy) is 2. The highest BCUT2D eigenvalue weighted by Gasteiger charge is 2.27. The van der Waals surface area contributed by atoms with E-state index in [1.807, 2.05) is 7.05 Å². The summed E-state index contributed by atoms with van der Waals surface area (Å²) >= 11 is 6.04. The maximum Gasteiger partial charge on any atom is 0.228 e. The molecule has 0 saturated carbocycles. The van der Waals surface area contributed by atoms with E-state index in [1.54, 1.807) is 12.1 Å². The second kappa shape index (κ2) is 6.33. The van der Waals surface area contributed by atoms with Gasteiger partial charge in [-0.2, -0.15) is 0 Å². The SMILES string of the molecule is COc1cc(NC(=O)C2CCN(C)C2)c(OC)cc1Cl. The number of likely N-dealkylation sites (tertiary alicyclic amines) is 1. The predicted molar refractivity (Wildman–Crippen MR) is 78.8 cm³/mol. The molecule has 1 atom stereocenters. The molecule has 1 aliphatic heterocycles. The third kappa shape index (κ3) is 3.16. The highest BCUT2D eigenvalue weighted by molar-refractivity contribution is 6.32. The number of anilines is 1. The third-order valence-electron chi connectivity index (χ3n) is 3.49. The highest BCUT2D eigenvalue weighted by Crippen LogP contribution is 2.36. The Morgan fingerprint density at radius 1 is 1.35 bits per heavy atom. The Bertz CT molecular complexity index is 507. The van der Waals surface area contributed by atoms with Crippen molar-refractivity contribution in [3.63, 3.8) is 0 Å². The van der Waals surface area contributed by atoms with Crippen LogP contribution in [0.4, 0.5) is 5.69 Å². The van der Waals surface area contributed by atoms with Gasteiger partial charge in [0.05, 0.1) is 30.8 Å². The molecule has 5 nitrogen and oxygen atoms in total. The Kier molecular flexibility index (Phi) is 4.73. The number of halogens is 1. The molecule has 1 aromatic rings. The topological polar surface area (TPSA) is 50.8 Å². The van der Waals surface area contributed by atoms with E-state index in [0.717, 1.165) is 19.5 Å². The maximum atomic E-state index is 12.2. The zero-order chi connectivity index (χ0) is 14.7. The second-order valence-corrected chi connectivity index (χ2v) is 5.33. The molecule has 2 rings (SSSR count). The summed E-state index contributed by atoms with van der Waals surface area (Å²) in [5.41, 5.74) is 0.577. The molecular weight excluding hydrogens is 280 g/mol. The lowest BCUT2D eigenvalue weighted by Gasteiger charge is -2.15. The number of nitrogens with zero attached hydrogens (tertiary/aromatic N) is 1. The zero-order valence-corrected chi connectivity index (χ0v) is 12.7. The van der Waals surface area contributed by atoms with Crippen molar-refractivity contribution in [3.05, 3.63) is 17.2 Å². The number of nitrogens with one attached hydrogen (secondary N) is 1. The summed E-state index contributed by atoms with van der Waals surface area (Å²) in [7, 11) is 5.08. The van der Waals surface area contributed by atoms with Crippen LogP contribution in [0.1, 0.15) is 6.42 Å². The fourth-order valence-corrected chi connectivity index (χ4v) is 2.57. The van der Waals surface area contributed by atoms with Gasteiger partial charge in [-0.3, -0.25) is 4.79 Å². The van der Waals surface area contributed by atoms with E-state index in [1.165, 1.54) is 14.2 Å². The number of amides is 1. The maximum absolute atomic E-state index is 12.2. The van der Waals surface area contributed by atoms with Crippen molar-refractivity contribution >= 4 is 23.2 Å². The summed E-state index contributed by atoms with van der Waals surface area (Å²) in [4.78, 5) is 14.4. The lowest BCUT2D eigenvalue weighted by Crippen LogP contribution is -2.25. The van der Waals surface area contributed by atoms with E-state index in [-0.39, 0.29) is 11.8 Å². The third-order valence-corrected chi connectivity index (χ3v) is 3.79. The van der Waals surface area contributed by atoms with Crippen LogP contribution in [0.3, 0.4) is 0 Å². The van der Waals surface area contributed by atoms with Gasteiger partial charge in [0.15, 0.2) is 0 Å². The van der Waals surface area contributed by atoms with Gasteiger partial charge in [-0.15, -0.1) is 0 Å². The highest BCUT2D eigenvalue weighted by atomic mass is 35.5. The summed E-state index contributed by atoms with van der Waals surface area (Å²) in [6, 6.07) is 3.31. The summed E-state index contributed by atoms with van der Waals surface area (Å²) in [5.74, 6) is 1.03. The van der Waals surface area contributed by atoms with E-state index in [4.69, 9.17) is 21.1 Å². The summed E-state index contributed by atoms with van der Waals surface area (Å²) in [6.07, 6.45) is 0.870. The van der Waals surface area contributed by atoms with E-state index in [9.17, 15) is 4.79 Å². The minimum atomic E-state index is -0.00275. The molecule has 1 N–H and O–H groups in total. The minimum Gasteiger partial charge on any atom is -0.495 e. The molecule has 0 bridgehead atoms. The molecule has 1 fully saturated rings. The fourth-order valence-electron chi connectivity index (χ4n) is 2.34. The number of carbonyl (C=O) groups is 1. The Morgan fingerprint density at radius 3 is 2.60 bits per heavy atom. The molecule has 110 valence electrons. The van der Waals surface area contributed by atoms with E-state index in [2.05, 4.69) is 10.2 Å². The van der Waals surface area contributed by atoms with Crippen molar-refractivity contribution in [2.75, 3.05) is 39.7 Å². The Labute approximate surface area is 123 Å². The van der Waals surface area contributed by atoms with Crippen molar-refractivity contribution in [1.82, 2.24) is 4.90 Å². The molecule has 0 radical (unpaired) electrons. The standard InChI is InChI=1S/C14H19ClN2O3/c1-17-5-4-9(8-17)14(18)16-11-7-12(19-2)10(15)6-13(11)20-3/h6-7,9H,4-5,8H2,1-3H3,(H,16,18). The van der Waals surface area contributed by atoms with Crippen LogP contribution in [0.2, 0.25) is 5.02 Å². The lowest BCUT2D eigenvalue weighted by atomic mass is 10.1. The van der Waals surface area contributed by atoms with Gasteiger partial charge in [0, 0.05) is 18.7 Å². The molecule has 0 spiro atoms. The van der Waals surface area contributed by atoms with Crippen molar-refractivity contribution in [2.45, 2.75) is 6.42 Å². The number of hydrogen-bond acceptors (Lipinski definition) is 4. The Morgan fingerprint density at radius 2 is 2.05 bits per heavy atom. The molecular formula is C14H19ClN2O3. The molecule has 6 heteroatoms. The van der Waals surface area contributed by atoms with Gasteiger partial charge in [-0.1, -0.05) is 11.6 Å². The monoisotopic (exact) mass is 298 g/mol. The average Bonchev–Trinajstić information content (AvgIpc) is 2.87. The van der Waals surface area contributed by atoms with Gasteiger partial charge in [0.25, 0.3) is 0 Å². The molecule has 1 amide bonds. The van der Waals surface area contributed by atoms with Crippen molar-refractivity contribution < 1.29 is 14.3 Å². The minimum absolute atomic E-state index is 0.00275. The molecule has 20 heavy (non-hydrogen) atoms. The van der Waals surface area contributed by atoms with Crippen LogP contribution in [0, 0.1) is 5.92 Å². The molecule has 1 aliphatic rings. The molecule has 0 aromatic heterocycles. The number of rotatable bonds is 4. The van der Waals surface area contributed by atoms with Gasteiger partial charge in [-0.05, 0) is 20.0 Å². The van der Waals surface area contributed by atoms with E-state index < -0.39 is 0 Å². The summed E-state index contributed by atoms with van der Waals surface area (Å²) in [5, 5.41) is 3.34. The second-order valence-electron chi connectivity index (χ2n) is 4.92. The molecule has 1 saturated heterocycles. The zero-order valence-electron chi connectivity index (χ0n) is 11.9. The Balaban J connectivity index is 2.17. The normalized spacial score (nSPS) is 18.9. The van der Waals surface area contributed by atoms with Crippen molar-refractivity contribution in [3.8, 4) is 11.5 Å². The van der Waals surface area contributed by atoms with Crippen molar-refractivity contribution in [1.29, 1.82) is 0 Å². The van der Waals surface area contributed by atoms with Crippen LogP contribution >= 0.6 is 11.6 Å². The quantitative estimate of drug-likeness (QED) is 0.926. The van der Waals surface area contributed by atoms with Gasteiger partial charge in [-0.25, -0.2) is 0 Å². The Hall–Kier alpha value is -1.46. The first-order chi connectivity index (χ1) is 9.55. The summed E-state index contributed by atoms with van der Waals surface area (Å²) in [6.45, 7) is 1.72. The van der Waals surface area contributed by atoms with Crippen LogP contribution in [-0.2, 0) is 4.79 Å². The van der Waals surface area contributed by atoms with Crippen LogP contribution in [0.5, 0.6) is 11.5 Å². The number of carbonyl (C=O) groups excluding carboxylic acids is 1. The van der Waals surface area contributed by atoms with Gasteiger partial charge in [0.1, 0.15) is 11.5 Å². The van der Waals surface area contributed by atoms with Crippen LogP contribution < -0.4 is 14.8 Å². The lowest BCUT2D eigenvalue weighted by molar-refractivity contribution is -0.119. The molecule has 1 heterocycles. The van der Waals surface area contributed by atoms with Gasteiger partial charge >= 0.3 is 0 Å².